The molecule has 1 amide bonds. The molecular formula is C18H19N3O3S2. The van der Waals surface area contributed by atoms with E-state index < -0.39 is 10.0 Å². The second-order valence-corrected chi connectivity index (χ2v) is 8.56. The van der Waals surface area contributed by atoms with Crippen LogP contribution in [0.5, 0.6) is 0 Å². The molecule has 3 aromatic rings. The van der Waals surface area contributed by atoms with Crippen LogP contribution in [0.25, 0.3) is 10.2 Å². The zero-order valence-corrected chi connectivity index (χ0v) is 15.9. The Labute approximate surface area is 156 Å². The maximum absolute atomic E-state index is 12.3. The molecule has 6 nitrogen and oxygen atoms in total. The molecule has 26 heavy (non-hydrogen) atoms. The number of hydrogen-bond acceptors (Lipinski definition) is 5. The van der Waals surface area contributed by atoms with E-state index >= 15 is 0 Å². The van der Waals surface area contributed by atoms with E-state index in [0.29, 0.717) is 18.5 Å². The lowest BCUT2D eigenvalue weighted by Gasteiger charge is -2.07. The van der Waals surface area contributed by atoms with Crippen LogP contribution in [0.1, 0.15) is 21.8 Å². The number of carbonyl (C=O) groups is 1. The Hall–Kier alpha value is -2.29. The number of nitrogens with one attached hydrogen (secondary N) is 2. The van der Waals surface area contributed by atoms with Crippen molar-refractivity contribution in [3.63, 3.8) is 0 Å². The topological polar surface area (TPSA) is 88.2 Å². The van der Waals surface area contributed by atoms with Crippen LogP contribution < -0.4 is 10.0 Å². The molecule has 0 saturated carbocycles. The summed E-state index contributed by atoms with van der Waals surface area (Å²) in [5, 5.41) is 3.50. The summed E-state index contributed by atoms with van der Waals surface area (Å²) in [5.74, 6) is -0.252. The summed E-state index contributed by atoms with van der Waals surface area (Å²) < 4.78 is 28.3. The average Bonchev–Trinajstić information content (AvgIpc) is 3.07. The number of rotatable bonds is 7. The fraction of sp³-hybridized carbons (Fsp3) is 0.222. The van der Waals surface area contributed by atoms with E-state index in [1.807, 2.05) is 24.3 Å². The number of aromatic nitrogens is 1. The molecule has 3 rings (SSSR count). The number of amides is 1. The smallest absolute Gasteiger partial charge is 0.251 e. The summed E-state index contributed by atoms with van der Waals surface area (Å²) in [6, 6.07) is 13.8. The minimum Gasteiger partial charge on any atom is -0.355 e. The van der Waals surface area contributed by atoms with Gasteiger partial charge < -0.3 is 5.32 Å². The Bertz CT molecular complexity index is 979. The number of para-hydroxylation sites is 1. The first-order chi connectivity index (χ1) is 12.5. The molecule has 1 aromatic heterocycles. The largest absolute Gasteiger partial charge is 0.355 e. The molecule has 0 spiro atoms. The van der Waals surface area contributed by atoms with Crippen LogP contribution in [0.2, 0.25) is 0 Å². The molecule has 0 atom stereocenters. The predicted molar refractivity (Wildman–Crippen MR) is 103 cm³/mol. The molecule has 2 aromatic carbocycles. The maximum atomic E-state index is 12.3. The molecule has 0 bridgehead atoms. The molecule has 2 N–H and O–H groups in total. The second kappa shape index (κ2) is 7.94. The van der Waals surface area contributed by atoms with Gasteiger partial charge in [0.05, 0.1) is 20.1 Å². The number of hydrogen-bond donors (Lipinski definition) is 2. The van der Waals surface area contributed by atoms with E-state index in [2.05, 4.69) is 15.0 Å². The van der Waals surface area contributed by atoms with E-state index in [4.69, 9.17) is 0 Å². The minimum absolute atomic E-state index is 0.144. The molecule has 8 heteroatoms. The van der Waals surface area contributed by atoms with Gasteiger partial charge in [0.25, 0.3) is 5.91 Å². The number of benzene rings is 2. The molecule has 0 fully saturated rings. The highest BCUT2D eigenvalue weighted by molar-refractivity contribution is 7.89. The third-order valence-electron chi connectivity index (χ3n) is 3.85. The van der Waals surface area contributed by atoms with Crippen molar-refractivity contribution in [2.24, 2.45) is 0 Å². The standard InChI is InChI=1S/C18H19N3O3S2/c1-19-18(22)13-8-10-14(11-9-13)26(23,24)20-12-4-7-17-21-15-5-2-3-6-16(15)25-17/h2-3,5-6,8-11,20H,4,7,12H2,1H3,(H,19,22). The molecule has 0 unspecified atom stereocenters. The zero-order valence-electron chi connectivity index (χ0n) is 14.2. The minimum atomic E-state index is -3.59. The quantitative estimate of drug-likeness (QED) is 0.608. The normalized spacial score (nSPS) is 11.6. The highest BCUT2D eigenvalue weighted by Crippen LogP contribution is 2.22. The summed E-state index contributed by atoms with van der Waals surface area (Å²) >= 11 is 1.63. The van der Waals surface area contributed by atoms with Crippen LogP contribution in [0.3, 0.4) is 0 Å². The van der Waals surface area contributed by atoms with E-state index in [1.54, 1.807) is 11.3 Å². The summed E-state index contributed by atoms with van der Waals surface area (Å²) in [7, 11) is -2.06. The van der Waals surface area contributed by atoms with Crippen LogP contribution in [0.15, 0.2) is 53.4 Å². The lowest BCUT2D eigenvalue weighted by atomic mass is 10.2. The van der Waals surface area contributed by atoms with E-state index in [0.717, 1.165) is 21.6 Å². The average molecular weight is 390 g/mol. The molecule has 0 saturated heterocycles. The van der Waals surface area contributed by atoms with Gasteiger partial charge in [-0.25, -0.2) is 18.1 Å². The van der Waals surface area contributed by atoms with Gasteiger partial charge in [0.2, 0.25) is 10.0 Å². The Morgan fingerprint density at radius 1 is 1.12 bits per heavy atom. The molecule has 0 aliphatic heterocycles. The van der Waals surface area contributed by atoms with Crippen LogP contribution in [-0.4, -0.2) is 32.9 Å². The Balaban J connectivity index is 1.55. The molecular weight excluding hydrogens is 370 g/mol. The van der Waals surface area contributed by atoms with Gasteiger partial charge in [0, 0.05) is 25.6 Å². The highest BCUT2D eigenvalue weighted by Gasteiger charge is 2.14. The molecule has 1 heterocycles. The number of carbonyl (C=O) groups excluding carboxylic acids is 1. The Morgan fingerprint density at radius 3 is 2.54 bits per heavy atom. The van der Waals surface area contributed by atoms with Gasteiger partial charge in [-0.3, -0.25) is 4.79 Å². The van der Waals surface area contributed by atoms with Crippen molar-refractivity contribution in [3.8, 4) is 0 Å². The molecule has 0 radical (unpaired) electrons. The van der Waals surface area contributed by atoms with Crippen LogP contribution in [-0.2, 0) is 16.4 Å². The van der Waals surface area contributed by atoms with Crippen molar-refractivity contribution in [1.82, 2.24) is 15.0 Å². The van der Waals surface area contributed by atoms with Gasteiger partial charge in [0.15, 0.2) is 0 Å². The fourth-order valence-electron chi connectivity index (χ4n) is 2.49. The van der Waals surface area contributed by atoms with Crippen LogP contribution in [0, 0.1) is 0 Å². The van der Waals surface area contributed by atoms with Crippen molar-refractivity contribution >= 4 is 37.5 Å². The van der Waals surface area contributed by atoms with Crippen molar-refractivity contribution in [1.29, 1.82) is 0 Å². The lowest BCUT2D eigenvalue weighted by molar-refractivity contribution is 0.0963. The number of nitrogens with zero attached hydrogens (tertiary/aromatic N) is 1. The summed E-state index contributed by atoms with van der Waals surface area (Å²) in [6.07, 6.45) is 1.38. The number of sulfonamides is 1. The number of fused-ring (bicyclic) bond motifs is 1. The van der Waals surface area contributed by atoms with Gasteiger partial charge in [-0.2, -0.15) is 0 Å². The predicted octanol–water partition coefficient (Wildman–Crippen LogP) is 2.57. The van der Waals surface area contributed by atoms with E-state index in [9.17, 15) is 13.2 Å². The lowest BCUT2D eigenvalue weighted by Crippen LogP contribution is -2.25. The zero-order chi connectivity index (χ0) is 18.6. The second-order valence-electron chi connectivity index (χ2n) is 5.68. The van der Waals surface area contributed by atoms with Gasteiger partial charge in [0.1, 0.15) is 0 Å². The van der Waals surface area contributed by atoms with Gasteiger partial charge in [-0.05, 0) is 42.8 Å². The molecule has 0 aliphatic rings. The van der Waals surface area contributed by atoms with Gasteiger partial charge in [-0.1, -0.05) is 12.1 Å². The monoisotopic (exact) mass is 389 g/mol. The molecule has 136 valence electrons. The van der Waals surface area contributed by atoms with Crippen LogP contribution in [0.4, 0.5) is 0 Å². The Morgan fingerprint density at radius 2 is 1.85 bits per heavy atom. The van der Waals surface area contributed by atoms with Crippen molar-refractivity contribution in [3.05, 3.63) is 59.1 Å². The van der Waals surface area contributed by atoms with Crippen molar-refractivity contribution in [2.45, 2.75) is 17.7 Å². The third kappa shape index (κ3) is 4.27. The SMILES string of the molecule is CNC(=O)c1ccc(S(=O)(=O)NCCCc2nc3ccccc3s2)cc1. The summed E-state index contributed by atoms with van der Waals surface area (Å²) in [6.45, 7) is 0.329. The Kier molecular flexibility index (Phi) is 5.65. The van der Waals surface area contributed by atoms with Crippen LogP contribution >= 0.6 is 11.3 Å². The first-order valence-electron chi connectivity index (χ1n) is 8.16. The third-order valence-corrected chi connectivity index (χ3v) is 6.42. The van der Waals surface area contributed by atoms with Crippen molar-refractivity contribution < 1.29 is 13.2 Å². The van der Waals surface area contributed by atoms with Gasteiger partial charge >= 0.3 is 0 Å². The number of aryl methyl sites for hydroxylation is 1. The van der Waals surface area contributed by atoms with E-state index in [1.165, 1.54) is 31.3 Å². The fourth-order valence-corrected chi connectivity index (χ4v) is 4.57. The van der Waals surface area contributed by atoms with Crippen molar-refractivity contribution in [2.75, 3.05) is 13.6 Å². The highest BCUT2D eigenvalue weighted by atomic mass is 32.2. The maximum Gasteiger partial charge on any atom is 0.251 e. The van der Waals surface area contributed by atoms with Gasteiger partial charge in [-0.15, -0.1) is 11.3 Å². The number of thiazole rings is 1. The summed E-state index contributed by atoms with van der Waals surface area (Å²) in [4.78, 5) is 16.2. The van der Waals surface area contributed by atoms with E-state index in [-0.39, 0.29) is 10.8 Å². The summed E-state index contributed by atoms with van der Waals surface area (Å²) in [5.41, 5.74) is 1.39. The first-order valence-corrected chi connectivity index (χ1v) is 10.5. The first kappa shape index (κ1) is 18.5. The molecule has 0 aliphatic carbocycles.